The van der Waals surface area contributed by atoms with Crippen LogP contribution in [-0.2, 0) is 0 Å². The standard InChI is InChI=1S/C22H23Cl2N/c1-25-20-8-9-21(25)11-15(10-20)12-22(16-4-2-6-18(23)13-16)17-5-3-7-19(24)14-17/h2-7,12-15,20-21H,8-11H2,1H3/t15-,20+,21-. The Bertz CT molecular complexity index is 737. The van der Waals surface area contributed by atoms with E-state index in [4.69, 9.17) is 23.2 Å². The van der Waals surface area contributed by atoms with Gasteiger partial charge >= 0.3 is 0 Å². The van der Waals surface area contributed by atoms with Crippen LogP contribution in [0.5, 0.6) is 0 Å². The molecule has 0 N–H and O–H groups in total. The van der Waals surface area contributed by atoms with Gasteiger partial charge in [-0.2, -0.15) is 0 Å². The predicted molar refractivity (Wildman–Crippen MR) is 107 cm³/mol. The van der Waals surface area contributed by atoms with Crippen LogP contribution in [-0.4, -0.2) is 24.0 Å². The minimum atomic E-state index is 0.613. The SMILES string of the molecule is CN1[C@@H]2CC[C@H]1C[C@@H](C=C(c1cccc(Cl)c1)c1cccc(Cl)c1)C2. The van der Waals surface area contributed by atoms with E-state index in [2.05, 4.69) is 42.3 Å². The van der Waals surface area contributed by atoms with Gasteiger partial charge in [-0.05, 0) is 79.6 Å². The van der Waals surface area contributed by atoms with Gasteiger partial charge in [0.1, 0.15) is 0 Å². The van der Waals surface area contributed by atoms with Gasteiger partial charge in [0.05, 0.1) is 0 Å². The molecule has 130 valence electrons. The molecular weight excluding hydrogens is 349 g/mol. The number of benzene rings is 2. The van der Waals surface area contributed by atoms with Crippen molar-refractivity contribution >= 4 is 28.8 Å². The highest BCUT2D eigenvalue weighted by Crippen LogP contribution is 2.40. The lowest BCUT2D eigenvalue weighted by Crippen LogP contribution is -2.39. The second-order valence-corrected chi connectivity index (χ2v) is 8.26. The van der Waals surface area contributed by atoms with E-state index in [1.807, 2.05) is 24.3 Å². The third-order valence-corrected chi connectivity index (χ3v) is 6.28. The van der Waals surface area contributed by atoms with Crippen molar-refractivity contribution in [3.63, 3.8) is 0 Å². The van der Waals surface area contributed by atoms with Crippen LogP contribution in [0.2, 0.25) is 10.0 Å². The highest BCUT2D eigenvalue weighted by Gasteiger charge is 2.37. The first kappa shape index (κ1) is 17.1. The summed E-state index contributed by atoms with van der Waals surface area (Å²) in [6, 6.07) is 17.8. The molecule has 0 radical (unpaired) electrons. The van der Waals surface area contributed by atoms with Gasteiger partial charge in [0.2, 0.25) is 0 Å². The molecule has 0 spiro atoms. The van der Waals surface area contributed by atoms with Crippen molar-refractivity contribution in [2.45, 2.75) is 37.8 Å². The van der Waals surface area contributed by atoms with Crippen LogP contribution in [0, 0.1) is 5.92 Å². The Labute approximate surface area is 160 Å². The topological polar surface area (TPSA) is 3.24 Å². The number of allylic oxidation sites excluding steroid dienone is 1. The second kappa shape index (κ2) is 7.15. The predicted octanol–water partition coefficient (Wildman–Crippen LogP) is 6.30. The van der Waals surface area contributed by atoms with Crippen molar-refractivity contribution in [2.24, 2.45) is 5.92 Å². The fourth-order valence-corrected chi connectivity index (χ4v) is 4.88. The molecule has 3 atom stereocenters. The molecule has 3 heteroatoms. The van der Waals surface area contributed by atoms with Crippen molar-refractivity contribution in [2.75, 3.05) is 7.05 Å². The van der Waals surface area contributed by atoms with Crippen molar-refractivity contribution in [1.29, 1.82) is 0 Å². The summed E-state index contributed by atoms with van der Waals surface area (Å²) in [5.41, 5.74) is 3.58. The van der Waals surface area contributed by atoms with Gasteiger partial charge in [-0.3, -0.25) is 0 Å². The maximum atomic E-state index is 6.27. The lowest BCUT2D eigenvalue weighted by Gasteiger charge is -2.35. The van der Waals surface area contributed by atoms with E-state index in [1.165, 1.54) is 42.4 Å². The van der Waals surface area contributed by atoms with Gasteiger partial charge in [0.15, 0.2) is 0 Å². The lowest BCUT2D eigenvalue weighted by molar-refractivity contribution is 0.152. The highest BCUT2D eigenvalue weighted by atomic mass is 35.5. The molecule has 25 heavy (non-hydrogen) atoms. The number of rotatable bonds is 3. The fourth-order valence-electron chi connectivity index (χ4n) is 4.50. The van der Waals surface area contributed by atoms with Gasteiger partial charge in [-0.25, -0.2) is 0 Å². The van der Waals surface area contributed by atoms with Crippen LogP contribution >= 0.6 is 23.2 Å². The second-order valence-electron chi connectivity index (χ2n) is 7.38. The Balaban J connectivity index is 1.73. The summed E-state index contributed by atoms with van der Waals surface area (Å²) < 4.78 is 0. The largest absolute Gasteiger partial charge is 0.300 e. The molecule has 2 fully saturated rings. The summed E-state index contributed by atoms with van der Waals surface area (Å²) in [6.07, 6.45) is 7.65. The Kier molecular flexibility index (Phi) is 4.90. The summed E-state index contributed by atoms with van der Waals surface area (Å²) in [6.45, 7) is 0. The van der Waals surface area contributed by atoms with Crippen LogP contribution in [0.15, 0.2) is 54.6 Å². The third-order valence-electron chi connectivity index (χ3n) is 5.81. The van der Waals surface area contributed by atoms with Crippen LogP contribution in [0.1, 0.15) is 36.8 Å². The Morgan fingerprint density at radius 1 is 0.920 bits per heavy atom. The zero-order chi connectivity index (χ0) is 17.4. The summed E-state index contributed by atoms with van der Waals surface area (Å²) in [5, 5.41) is 1.54. The van der Waals surface area contributed by atoms with E-state index in [1.54, 1.807) is 0 Å². The maximum Gasteiger partial charge on any atom is 0.0412 e. The molecule has 0 unspecified atom stereocenters. The molecule has 2 saturated heterocycles. The smallest absolute Gasteiger partial charge is 0.0412 e. The van der Waals surface area contributed by atoms with Crippen LogP contribution in [0.25, 0.3) is 5.57 Å². The molecule has 2 heterocycles. The molecule has 0 amide bonds. The van der Waals surface area contributed by atoms with Gasteiger partial charge in [0, 0.05) is 22.1 Å². The zero-order valence-corrected chi connectivity index (χ0v) is 16.0. The summed E-state index contributed by atoms with van der Waals surface area (Å²) >= 11 is 12.5. The van der Waals surface area contributed by atoms with Crippen LogP contribution < -0.4 is 0 Å². The van der Waals surface area contributed by atoms with Crippen molar-refractivity contribution < 1.29 is 0 Å². The molecule has 1 nitrogen and oxygen atoms in total. The number of halogens is 2. The average molecular weight is 372 g/mol. The average Bonchev–Trinajstić information content (AvgIpc) is 2.81. The van der Waals surface area contributed by atoms with Crippen molar-refractivity contribution in [3.05, 3.63) is 75.8 Å². The molecule has 4 rings (SSSR count). The number of fused-ring (bicyclic) bond motifs is 2. The first-order chi connectivity index (χ1) is 12.1. The zero-order valence-electron chi connectivity index (χ0n) is 14.5. The van der Waals surface area contributed by atoms with E-state index < -0.39 is 0 Å². The Morgan fingerprint density at radius 3 is 1.92 bits per heavy atom. The van der Waals surface area contributed by atoms with Gasteiger partial charge in [0.25, 0.3) is 0 Å². The molecule has 2 aromatic carbocycles. The Hall–Kier alpha value is -1.28. The number of hydrogen-bond acceptors (Lipinski definition) is 1. The molecule has 2 bridgehead atoms. The summed E-state index contributed by atoms with van der Waals surface area (Å²) in [4.78, 5) is 2.59. The van der Waals surface area contributed by atoms with E-state index in [9.17, 15) is 0 Å². The van der Waals surface area contributed by atoms with Crippen molar-refractivity contribution in [3.8, 4) is 0 Å². The monoisotopic (exact) mass is 371 g/mol. The molecule has 2 aliphatic rings. The van der Waals surface area contributed by atoms with E-state index in [0.29, 0.717) is 5.92 Å². The molecule has 0 aromatic heterocycles. The molecule has 0 saturated carbocycles. The first-order valence-corrected chi connectivity index (χ1v) is 9.81. The minimum absolute atomic E-state index is 0.613. The minimum Gasteiger partial charge on any atom is -0.300 e. The molecule has 2 aliphatic heterocycles. The normalized spacial score (nSPS) is 25.8. The Morgan fingerprint density at radius 2 is 1.44 bits per heavy atom. The van der Waals surface area contributed by atoms with Gasteiger partial charge in [-0.1, -0.05) is 53.5 Å². The molecule has 2 aromatic rings. The van der Waals surface area contributed by atoms with E-state index in [-0.39, 0.29) is 0 Å². The summed E-state index contributed by atoms with van der Waals surface area (Å²) in [7, 11) is 2.29. The van der Waals surface area contributed by atoms with E-state index >= 15 is 0 Å². The van der Waals surface area contributed by atoms with Gasteiger partial charge < -0.3 is 4.90 Å². The fraction of sp³-hybridized carbons (Fsp3) is 0.364. The number of nitrogens with zero attached hydrogens (tertiary/aromatic N) is 1. The van der Waals surface area contributed by atoms with Crippen LogP contribution in [0.4, 0.5) is 0 Å². The van der Waals surface area contributed by atoms with Crippen molar-refractivity contribution in [1.82, 2.24) is 4.90 Å². The first-order valence-electron chi connectivity index (χ1n) is 9.06. The maximum absolute atomic E-state index is 6.27. The molecular formula is C22H23Cl2N. The summed E-state index contributed by atoms with van der Waals surface area (Å²) in [5.74, 6) is 0.613. The number of piperidine rings is 1. The quantitative estimate of drug-likeness (QED) is 0.611. The third kappa shape index (κ3) is 3.65. The lowest BCUT2D eigenvalue weighted by atomic mass is 9.86. The van der Waals surface area contributed by atoms with Crippen LogP contribution in [0.3, 0.4) is 0 Å². The van der Waals surface area contributed by atoms with Gasteiger partial charge in [-0.15, -0.1) is 0 Å². The number of hydrogen-bond donors (Lipinski definition) is 0. The molecule has 0 aliphatic carbocycles. The highest BCUT2D eigenvalue weighted by molar-refractivity contribution is 6.31. The van der Waals surface area contributed by atoms with E-state index in [0.717, 1.165) is 22.1 Å².